The lowest BCUT2D eigenvalue weighted by molar-refractivity contribution is 0.00577. The van der Waals surface area contributed by atoms with Crippen LogP contribution in [0.2, 0.25) is 0 Å². The highest BCUT2D eigenvalue weighted by atomic mass is 32.2. The first-order valence-electron chi connectivity index (χ1n) is 11.0. The van der Waals surface area contributed by atoms with Crippen molar-refractivity contribution in [2.75, 3.05) is 0 Å². The van der Waals surface area contributed by atoms with Crippen LogP contribution >= 0.6 is 0 Å². The van der Waals surface area contributed by atoms with Crippen molar-refractivity contribution >= 4 is 20.9 Å². The zero-order valence-electron chi connectivity index (χ0n) is 19.0. The molecule has 0 unspecified atom stereocenters. The van der Waals surface area contributed by atoms with Crippen LogP contribution in [0.3, 0.4) is 0 Å². The average Bonchev–Trinajstić information content (AvgIpc) is 3.08. The molecule has 0 aliphatic heterocycles. The van der Waals surface area contributed by atoms with Crippen LogP contribution in [0.5, 0.6) is 0 Å². The predicted octanol–water partition coefficient (Wildman–Crippen LogP) is 4.64. The van der Waals surface area contributed by atoms with E-state index < -0.39 is 21.4 Å². The summed E-state index contributed by atoms with van der Waals surface area (Å²) in [7, 11) is -3.89. The number of hydrogen-bond donors (Lipinski definition) is 1. The molecule has 1 N–H and O–H groups in total. The number of aromatic nitrogens is 3. The summed E-state index contributed by atoms with van der Waals surface area (Å²) in [5.74, 6) is 0.490. The molecular formula is C24H30FN3O3S. The minimum atomic E-state index is -3.89. The fraction of sp³-hybridized carbons (Fsp3) is 0.500. The number of pyridine rings is 1. The highest BCUT2D eigenvalue weighted by Gasteiger charge is 2.31. The second-order valence-electron chi connectivity index (χ2n) is 10.2. The van der Waals surface area contributed by atoms with E-state index in [1.165, 1.54) is 6.07 Å². The third-order valence-electron chi connectivity index (χ3n) is 6.33. The van der Waals surface area contributed by atoms with Crippen molar-refractivity contribution in [3.8, 4) is 0 Å². The minimum absolute atomic E-state index is 0.0782. The Bertz CT molecular complexity index is 1250. The number of hydrogen-bond acceptors (Lipinski definition) is 5. The first-order chi connectivity index (χ1) is 14.9. The molecule has 1 saturated carbocycles. The van der Waals surface area contributed by atoms with Crippen LogP contribution in [0.4, 0.5) is 4.39 Å². The van der Waals surface area contributed by atoms with Gasteiger partial charge in [-0.1, -0.05) is 20.8 Å². The van der Waals surface area contributed by atoms with E-state index in [4.69, 9.17) is 4.98 Å². The van der Waals surface area contributed by atoms with E-state index in [0.717, 1.165) is 55.8 Å². The Labute approximate surface area is 188 Å². The van der Waals surface area contributed by atoms with Crippen molar-refractivity contribution in [3.63, 3.8) is 0 Å². The Morgan fingerprint density at radius 3 is 2.44 bits per heavy atom. The fourth-order valence-electron chi connectivity index (χ4n) is 4.46. The molecule has 0 bridgehead atoms. The van der Waals surface area contributed by atoms with Crippen molar-refractivity contribution < 1.29 is 17.9 Å². The van der Waals surface area contributed by atoms with Gasteiger partial charge in [0.05, 0.1) is 26.4 Å². The molecule has 172 valence electrons. The monoisotopic (exact) mass is 459 g/mol. The van der Waals surface area contributed by atoms with Crippen LogP contribution in [-0.4, -0.2) is 33.7 Å². The molecular weight excluding hydrogens is 429 g/mol. The van der Waals surface area contributed by atoms with Crippen LogP contribution in [-0.2, 0) is 21.8 Å². The van der Waals surface area contributed by atoms with Gasteiger partial charge < -0.3 is 9.67 Å². The fourth-order valence-corrected chi connectivity index (χ4v) is 5.74. The first kappa shape index (κ1) is 22.9. The first-order valence-corrected chi connectivity index (χ1v) is 12.4. The number of nitrogens with zero attached hydrogens (tertiary/aromatic N) is 3. The summed E-state index contributed by atoms with van der Waals surface area (Å²) >= 11 is 0. The Morgan fingerprint density at radius 1 is 1.16 bits per heavy atom. The molecule has 0 saturated heterocycles. The van der Waals surface area contributed by atoms with Crippen molar-refractivity contribution in [1.82, 2.24) is 14.5 Å². The van der Waals surface area contributed by atoms with Crippen LogP contribution in [0.25, 0.3) is 11.0 Å². The van der Waals surface area contributed by atoms with E-state index in [1.54, 1.807) is 18.2 Å². The number of rotatable bonds is 4. The lowest BCUT2D eigenvalue weighted by Gasteiger charge is -2.34. The molecule has 1 aromatic carbocycles. The van der Waals surface area contributed by atoms with Crippen LogP contribution in [0.15, 0.2) is 46.3 Å². The zero-order valence-corrected chi connectivity index (χ0v) is 19.8. The Morgan fingerprint density at radius 2 is 1.81 bits per heavy atom. The molecule has 0 radical (unpaired) electrons. The maximum atomic E-state index is 13.5. The predicted molar refractivity (Wildman–Crippen MR) is 121 cm³/mol. The van der Waals surface area contributed by atoms with E-state index >= 15 is 0 Å². The van der Waals surface area contributed by atoms with Crippen LogP contribution in [0.1, 0.15) is 59.2 Å². The van der Waals surface area contributed by atoms with E-state index in [2.05, 4.69) is 30.3 Å². The van der Waals surface area contributed by atoms with E-state index in [1.807, 2.05) is 6.92 Å². The molecule has 0 amide bonds. The van der Waals surface area contributed by atoms with Gasteiger partial charge in [0, 0.05) is 24.2 Å². The van der Waals surface area contributed by atoms with Crippen molar-refractivity contribution in [3.05, 3.63) is 48.3 Å². The number of sulfone groups is 1. The SMILES string of the molecule is CC(C)(C)c1nc2cc(S(=O)(=O)c3ccnc(F)c3)ccc2n1C[C@H]1CC[C@@](C)(O)CC1. The smallest absolute Gasteiger partial charge is 0.214 e. The van der Waals surface area contributed by atoms with Gasteiger partial charge in [0.25, 0.3) is 0 Å². The Hall–Kier alpha value is -2.32. The van der Waals surface area contributed by atoms with Crippen molar-refractivity contribution in [2.45, 2.75) is 80.7 Å². The van der Waals surface area contributed by atoms with Crippen molar-refractivity contribution in [2.24, 2.45) is 5.92 Å². The molecule has 4 rings (SSSR count). The maximum absolute atomic E-state index is 13.5. The molecule has 2 aromatic heterocycles. The lowest BCUT2D eigenvalue weighted by Crippen LogP contribution is -2.32. The largest absolute Gasteiger partial charge is 0.390 e. The highest BCUT2D eigenvalue weighted by Crippen LogP contribution is 2.35. The van der Waals surface area contributed by atoms with Gasteiger partial charge in [-0.2, -0.15) is 4.39 Å². The normalized spacial score (nSPS) is 22.4. The summed E-state index contributed by atoms with van der Waals surface area (Å²) in [4.78, 5) is 8.21. The Balaban J connectivity index is 1.75. The molecule has 1 aliphatic carbocycles. The summed E-state index contributed by atoms with van der Waals surface area (Å²) in [6.07, 6.45) is 4.58. The van der Waals surface area contributed by atoms with Gasteiger partial charge in [-0.25, -0.2) is 18.4 Å². The average molecular weight is 460 g/mol. The van der Waals surface area contributed by atoms with Crippen LogP contribution in [0, 0.1) is 11.9 Å². The molecule has 1 aliphatic rings. The van der Waals surface area contributed by atoms with Crippen molar-refractivity contribution in [1.29, 1.82) is 0 Å². The molecule has 0 spiro atoms. The van der Waals surface area contributed by atoms with E-state index in [-0.39, 0.29) is 15.2 Å². The number of halogens is 1. The standard InChI is InChI=1S/C24H30FN3O3S/c1-23(2,3)22-27-19-13-17(32(30,31)18-9-12-26-21(25)14-18)5-6-20(19)28(22)15-16-7-10-24(4,29)11-8-16/h5-6,9,12-14,16,29H,7-8,10-11,15H2,1-4H3/t16-,24+. The Kier molecular flexibility index (Phi) is 5.66. The highest BCUT2D eigenvalue weighted by molar-refractivity contribution is 7.91. The molecule has 1 fully saturated rings. The van der Waals surface area contributed by atoms with Gasteiger partial charge in [0.2, 0.25) is 15.8 Å². The molecule has 32 heavy (non-hydrogen) atoms. The van der Waals surface area contributed by atoms with Gasteiger partial charge in [0.1, 0.15) is 5.82 Å². The third kappa shape index (κ3) is 4.43. The lowest BCUT2D eigenvalue weighted by atomic mass is 9.80. The van der Waals surface area contributed by atoms with Gasteiger partial charge in [-0.15, -0.1) is 0 Å². The topological polar surface area (TPSA) is 85.1 Å². The minimum Gasteiger partial charge on any atom is -0.390 e. The summed E-state index contributed by atoms with van der Waals surface area (Å²) in [5.41, 5.74) is 0.670. The molecule has 3 aromatic rings. The summed E-state index contributed by atoms with van der Waals surface area (Å²) in [5, 5.41) is 10.3. The number of aliphatic hydroxyl groups is 1. The van der Waals surface area contributed by atoms with Gasteiger partial charge in [-0.3, -0.25) is 0 Å². The molecule has 0 atom stereocenters. The summed E-state index contributed by atoms with van der Waals surface area (Å²) in [6, 6.07) is 7.14. The van der Waals surface area contributed by atoms with Gasteiger partial charge in [0.15, 0.2) is 0 Å². The second-order valence-corrected chi connectivity index (χ2v) is 12.2. The van der Waals surface area contributed by atoms with E-state index in [9.17, 15) is 17.9 Å². The number of imidazole rings is 1. The maximum Gasteiger partial charge on any atom is 0.214 e. The molecule has 2 heterocycles. The summed E-state index contributed by atoms with van der Waals surface area (Å²) in [6.45, 7) is 8.95. The van der Waals surface area contributed by atoms with E-state index in [0.29, 0.717) is 11.4 Å². The molecule has 6 nitrogen and oxygen atoms in total. The summed E-state index contributed by atoms with van der Waals surface area (Å²) < 4.78 is 41.8. The third-order valence-corrected chi connectivity index (χ3v) is 8.08. The number of fused-ring (bicyclic) bond motifs is 1. The second kappa shape index (κ2) is 7.92. The van der Waals surface area contributed by atoms with Crippen LogP contribution < -0.4 is 0 Å². The quantitative estimate of drug-likeness (QED) is 0.575. The number of benzene rings is 1. The van der Waals surface area contributed by atoms with Gasteiger partial charge in [-0.05, 0) is 62.8 Å². The molecule has 8 heteroatoms. The zero-order chi connectivity index (χ0) is 23.3. The van der Waals surface area contributed by atoms with Gasteiger partial charge >= 0.3 is 0 Å².